The third-order valence-electron chi connectivity index (χ3n) is 8.85. The fourth-order valence-corrected chi connectivity index (χ4v) is 7.79. The molecule has 0 aromatic heterocycles. The topological polar surface area (TPSA) is 113 Å². The second kappa shape index (κ2) is 15.5. The Morgan fingerprint density at radius 3 is 2.51 bits per heavy atom. The van der Waals surface area contributed by atoms with Gasteiger partial charge >= 0.3 is 5.97 Å². The fourth-order valence-electron chi connectivity index (χ4n) is 6.29. The van der Waals surface area contributed by atoms with Crippen LogP contribution in [-0.2, 0) is 25.9 Å². The van der Waals surface area contributed by atoms with Crippen molar-refractivity contribution in [2.45, 2.75) is 75.7 Å². The summed E-state index contributed by atoms with van der Waals surface area (Å²) in [7, 11) is -3.21. The molecule has 1 aliphatic carbocycles. The van der Waals surface area contributed by atoms with Crippen LogP contribution in [0.15, 0.2) is 42.5 Å². The van der Waals surface area contributed by atoms with E-state index >= 15 is 0 Å². The van der Waals surface area contributed by atoms with E-state index in [1.807, 2.05) is 49.6 Å². The Labute approximate surface area is 260 Å². The molecule has 0 unspecified atom stereocenters. The van der Waals surface area contributed by atoms with Gasteiger partial charge in [-0.05, 0) is 84.9 Å². The van der Waals surface area contributed by atoms with Gasteiger partial charge in [0, 0.05) is 37.6 Å². The third kappa shape index (κ3) is 9.30. The van der Waals surface area contributed by atoms with Crippen LogP contribution in [0, 0.1) is 12.8 Å². The van der Waals surface area contributed by atoms with Gasteiger partial charge in [0.1, 0.15) is 6.04 Å². The van der Waals surface area contributed by atoms with Gasteiger partial charge in [0.2, 0.25) is 0 Å². The molecular formula is C33H46N2O6S2. The smallest absolute Gasteiger partial charge is 0.326 e. The molecule has 2 N–H and O–H groups in total. The van der Waals surface area contributed by atoms with Crippen LogP contribution in [0.3, 0.4) is 0 Å². The number of aliphatic carboxylic acids is 1. The lowest BCUT2D eigenvalue weighted by atomic mass is 9.90. The van der Waals surface area contributed by atoms with Gasteiger partial charge in [0.25, 0.3) is 5.91 Å². The van der Waals surface area contributed by atoms with Crippen LogP contribution in [0.1, 0.15) is 66.4 Å². The monoisotopic (exact) mass is 630 g/mol. The van der Waals surface area contributed by atoms with Crippen LogP contribution < -0.4 is 5.32 Å². The van der Waals surface area contributed by atoms with Crippen molar-refractivity contribution in [3.05, 3.63) is 59.2 Å². The molecule has 3 atom stereocenters. The second-order valence-electron chi connectivity index (χ2n) is 12.2. The maximum Gasteiger partial charge on any atom is 0.326 e. The number of rotatable bonds is 14. The highest BCUT2D eigenvalue weighted by Crippen LogP contribution is 2.31. The van der Waals surface area contributed by atoms with E-state index < -0.39 is 33.0 Å². The molecule has 4 rings (SSSR count). The number of nitrogens with zero attached hydrogens (tertiary/aromatic N) is 1. The maximum atomic E-state index is 13.5. The van der Waals surface area contributed by atoms with E-state index in [9.17, 15) is 23.1 Å². The maximum absolute atomic E-state index is 13.5. The Balaban J connectivity index is 1.57. The number of hydrogen-bond acceptors (Lipinski definition) is 7. The molecule has 1 amide bonds. The number of likely N-dealkylation sites (tertiary alicyclic amines) is 1. The van der Waals surface area contributed by atoms with Gasteiger partial charge < -0.3 is 15.2 Å². The summed E-state index contributed by atoms with van der Waals surface area (Å²) in [5.74, 6) is -0.268. The number of carbonyl (C=O) groups excluding carboxylic acids is 1. The number of carboxylic acids is 1. The molecule has 2 aromatic rings. The zero-order valence-electron chi connectivity index (χ0n) is 25.6. The zero-order chi connectivity index (χ0) is 31.0. The number of benzene rings is 2. The molecule has 2 aromatic carbocycles. The lowest BCUT2D eigenvalue weighted by Crippen LogP contribution is -2.41. The molecule has 43 heavy (non-hydrogen) atoms. The highest BCUT2D eigenvalue weighted by molar-refractivity contribution is 7.98. The summed E-state index contributed by atoms with van der Waals surface area (Å²) in [4.78, 5) is 27.5. The van der Waals surface area contributed by atoms with Crippen molar-refractivity contribution in [1.29, 1.82) is 0 Å². The van der Waals surface area contributed by atoms with Crippen LogP contribution in [-0.4, -0.2) is 85.7 Å². The Bertz CT molecular complexity index is 1360. The number of aryl methyl sites for hydroxylation is 1. The summed E-state index contributed by atoms with van der Waals surface area (Å²) in [6.45, 7) is 4.17. The zero-order valence-corrected chi connectivity index (χ0v) is 27.2. The van der Waals surface area contributed by atoms with Crippen molar-refractivity contribution in [2.24, 2.45) is 5.92 Å². The SMILES string of the molecule is CSCC[C@H](NC(=O)c1ccc(CN2C[C@H](S(C)(=O)=O)C[C@H]2COCC2CCCCC2)cc1-c1ccccc1C)C(=O)O. The largest absolute Gasteiger partial charge is 0.480 e. The molecule has 0 radical (unpaired) electrons. The van der Waals surface area contributed by atoms with E-state index in [-0.39, 0.29) is 6.04 Å². The van der Waals surface area contributed by atoms with Crippen molar-refractivity contribution in [2.75, 3.05) is 38.0 Å². The first-order valence-electron chi connectivity index (χ1n) is 15.3. The first kappa shape index (κ1) is 33.5. The molecule has 236 valence electrons. The Kier molecular flexibility index (Phi) is 12.1. The predicted molar refractivity (Wildman–Crippen MR) is 173 cm³/mol. The summed E-state index contributed by atoms with van der Waals surface area (Å²) in [6, 6.07) is 12.5. The van der Waals surface area contributed by atoms with Gasteiger partial charge in [-0.1, -0.05) is 49.6 Å². The quantitative estimate of drug-likeness (QED) is 0.294. The highest BCUT2D eigenvalue weighted by atomic mass is 32.2. The molecule has 1 saturated heterocycles. The number of carboxylic acid groups (broad SMARTS) is 1. The van der Waals surface area contributed by atoms with Gasteiger partial charge in [-0.15, -0.1) is 0 Å². The normalized spacial score (nSPS) is 20.6. The van der Waals surface area contributed by atoms with E-state index in [1.165, 1.54) is 50.1 Å². The van der Waals surface area contributed by atoms with E-state index in [0.29, 0.717) is 49.8 Å². The van der Waals surface area contributed by atoms with E-state index in [0.717, 1.165) is 28.9 Å². The number of ether oxygens (including phenoxy) is 1. The van der Waals surface area contributed by atoms with Crippen molar-refractivity contribution in [3.63, 3.8) is 0 Å². The van der Waals surface area contributed by atoms with Gasteiger partial charge in [-0.3, -0.25) is 9.69 Å². The van der Waals surface area contributed by atoms with E-state index in [1.54, 1.807) is 6.07 Å². The Morgan fingerprint density at radius 2 is 1.84 bits per heavy atom. The summed E-state index contributed by atoms with van der Waals surface area (Å²) in [5, 5.41) is 12.0. The van der Waals surface area contributed by atoms with E-state index in [2.05, 4.69) is 10.2 Å². The first-order valence-corrected chi connectivity index (χ1v) is 18.6. The van der Waals surface area contributed by atoms with Crippen LogP contribution in [0.2, 0.25) is 0 Å². The molecule has 0 bridgehead atoms. The van der Waals surface area contributed by atoms with Gasteiger partial charge in [0.05, 0.1) is 11.9 Å². The lowest BCUT2D eigenvalue weighted by Gasteiger charge is -2.27. The second-order valence-corrected chi connectivity index (χ2v) is 15.5. The van der Waals surface area contributed by atoms with Crippen molar-refractivity contribution in [1.82, 2.24) is 10.2 Å². The van der Waals surface area contributed by atoms with Gasteiger partial charge in [-0.2, -0.15) is 11.8 Å². The molecule has 8 nitrogen and oxygen atoms in total. The molecule has 10 heteroatoms. The summed E-state index contributed by atoms with van der Waals surface area (Å²) in [5.41, 5.74) is 3.99. The molecule has 1 aliphatic heterocycles. The number of thioether (sulfide) groups is 1. The van der Waals surface area contributed by atoms with Crippen LogP contribution in [0.5, 0.6) is 0 Å². The first-order chi connectivity index (χ1) is 20.6. The number of carbonyl (C=O) groups is 2. The molecular weight excluding hydrogens is 585 g/mol. The summed E-state index contributed by atoms with van der Waals surface area (Å²) < 4.78 is 31.3. The fraction of sp³-hybridized carbons (Fsp3) is 0.576. The molecule has 1 heterocycles. The third-order valence-corrected chi connectivity index (χ3v) is 11.0. The van der Waals surface area contributed by atoms with Crippen molar-refractivity contribution in [3.8, 4) is 11.1 Å². The number of amides is 1. The average molecular weight is 631 g/mol. The van der Waals surface area contributed by atoms with Crippen molar-refractivity contribution >= 4 is 33.5 Å². The standard InChI is InChI=1S/C33H46N2O6S2/c1-23-9-7-8-12-28(23)30-17-25(13-14-29(30)32(36)34-31(33(37)38)15-16-42-2)19-35-20-27(43(3,39)40)18-26(35)22-41-21-24-10-5-4-6-11-24/h7-9,12-14,17,24,26-27,31H,4-6,10-11,15-16,18-22H2,1-3H3,(H,34,36)(H,37,38)/t26-,27+,31-/m0/s1. The summed E-state index contributed by atoms with van der Waals surface area (Å²) >= 11 is 1.54. The average Bonchev–Trinajstić information content (AvgIpc) is 3.39. The van der Waals surface area contributed by atoms with Crippen molar-refractivity contribution < 1.29 is 27.9 Å². The van der Waals surface area contributed by atoms with Crippen LogP contribution in [0.4, 0.5) is 0 Å². The Hall–Kier alpha value is -2.40. The summed E-state index contributed by atoms with van der Waals surface area (Å²) in [6.07, 6.45) is 10.3. The number of sulfone groups is 1. The Morgan fingerprint density at radius 1 is 1.09 bits per heavy atom. The molecule has 0 spiro atoms. The van der Waals surface area contributed by atoms with Gasteiger partial charge in [0.15, 0.2) is 9.84 Å². The lowest BCUT2D eigenvalue weighted by molar-refractivity contribution is -0.139. The van der Waals surface area contributed by atoms with Crippen LogP contribution in [0.25, 0.3) is 11.1 Å². The number of hydrogen-bond donors (Lipinski definition) is 2. The minimum absolute atomic E-state index is 0.0130. The predicted octanol–water partition coefficient (Wildman–Crippen LogP) is 5.18. The molecule has 1 saturated carbocycles. The highest BCUT2D eigenvalue weighted by Gasteiger charge is 2.37. The number of nitrogens with one attached hydrogen (secondary N) is 1. The van der Waals surface area contributed by atoms with E-state index in [4.69, 9.17) is 4.74 Å². The van der Waals surface area contributed by atoms with Crippen LogP contribution >= 0.6 is 11.8 Å². The molecule has 2 aliphatic rings. The molecule has 2 fully saturated rings. The minimum Gasteiger partial charge on any atom is -0.480 e. The minimum atomic E-state index is -3.21. The van der Waals surface area contributed by atoms with Gasteiger partial charge in [-0.25, -0.2) is 13.2 Å².